The molecule has 3 amide bonds. The molecule has 2 atom stereocenters. The molecule has 0 heterocycles. The van der Waals surface area contributed by atoms with Crippen molar-refractivity contribution in [2.45, 2.75) is 44.6 Å². The number of hydrogen-bond donors (Lipinski definition) is 4. The van der Waals surface area contributed by atoms with E-state index in [1.54, 1.807) is 19.1 Å². The molecule has 2 aromatic rings. The molecule has 0 spiro atoms. The number of phenolic OH excluding ortho intramolecular Hbond substituents is 1. The number of hydrogen-bond acceptors (Lipinski definition) is 6. The van der Waals surface area contributed by atoms with Gasteiger partial charge in [0.15, 0.2) is 6.10 Å². The van der Waals surface area contributed by atoms with Crippen LogP contribution in [0.15, 0.2) is 48.5 Å². The third-order valence-electron chi connectivity index (χ3n) is 5.43. The first-order valence-electron chi connectivity index (χ1n) is 11.7. The summed E-state index contributed by atoms with van der Waals surface area (Å²) in [6.45, 7) is 5.56. The number of carbonyl (C=O) groups excluding carboxylic acids is 3. The molecule has 10 heteroatoms. The molecule has 2 rings (SSSR count). The number of benzene rings is 2. The minimum absolute atomic E-state index is 0.0290. The molecule has 0 radical (unpaired) electrons. The maximum atomic E-state index is 13.4. The van der Waals surface area contributed by atoms with Crippen LogP contribution in [-0.2, 0) is 16.0 Å². The fraction of sp³-hybridized carbons (Fsp3) is 0.423. The molecule has 0 bridgehead atoms. The van der Waals surface area contributed by atoms with E-state index in [9.17, 15) is 24.6 Å². The number of halogens is 1. The molecular weight excluding hydrogens is 502 g/mol. The summed E-state index contributed by atoms with van der Waals surface area (Å²) >= 11 is 7.09. The lowest BCUT2D eigenvalue weighted by atomic mass is 9.99. The van der Waals surface area contributed by atoms with Crippen molar-refractivity contribution in [1.82, 2.24) is 15.5 Å². The second-order valence-corrected chi connectivity index (χ2v) is 10.5. The van der Waals surface area contributed by atoms with Crippen LogP contribution in [0.25, 0.3) is 0 Å². The van der Waals surface area contributed by atoms with Crippen molar-refractivity contribution in [3.05, 3.63) is 65.2 Å². The molecule has 0 aromatic heterocycles. The van der Waals surface area contributed by atoms with E-state index >= 15 is 0 Å². The Balaban J connectivity index is 2.29. The molecule has 4 N–H and O–H groups in total. The predicted molar refractivity (Wildman–Crippen MR) is 143 cm³/mol. The van der Waals surface area contributed by atoms with Gasteiger partial charge in [0.1, 0.15) is 12.3 Å². The van der Waals surface area contributed by atoms with Crippen molar-refractivity contribution in [2.75, 3.05) is 24.8 Å². The third-order valence-corrected chi connectivity index (χ3v) is 6.74. The van der Waals surface area contributed by atoms with Crippen LogP contribution < -0.4 is 10.6 Å². The first kappa shape index (κ1) is 29.5. The molecule has 2 aromatic carbocycles. The Bertz CT molecular complexity index is 1020. The van der Waals surface area contributed by atoms with Crippen LogP contribution in [-0.4, -0.2) is 75.1 Å². The van der Waals surface area contributed by atoms with E-state index in [-0.39, 0.29) is 53.7 Å². The van der Waals surface area contributed by atoms with Crippen molar-refractivity contribution in [1.29, 1.82) is 0 Å². The van der Waals surface area contributed by atoms with E-state index in [0.29, 0.717) is 5.56 Å². The number of nitrogens with zero attached hydrogens (tertiary/aromatic N) is 1. The van der Waals surface area contributed by atoms with Gasteiger partial charge >= 0.3 is 0 Å². The van der Waals surface area contributed by atoms with Crippen molar-refractivity contribution in [3.8, 4) is 5.75 Å². The van der Waals surface area contributed by atoms with Gasteiger partial charge in [0, 0.05) is 28.8 Å². The Hall–Kier alpha value is -2.75. The summed E-state index contributed by atoms with van der Waals surface area (Å²) in [6.07, 6.45) is -1.43. The minimum Gasteiger partial charge on any atom is -0.508 e. The Kier molecular flexibility index (Phi) is 12.1. The van der Waals surface area contributed by atoms with E-state index in [0.717, 1.165) is 5.56 Å². The number of thioether (sulfide) groups is 1. The molecule has 0 aliphatic rings. The molecule has 0 saturated heterocycles. The highest BCUT2D eigenvalue weighted by Gasteiger charge is 2.33. The molecule has 8 nitrogen and oxygen atoms in total. The number of aliphatic hydroxyl groups is 1. The lowest BCUT2D eigenvalue weighted by Crippen LogP contribution is -2.54. The van der Waals surface area contributed by atoms with Gasteiger partial charge in [0.2, 0.25) is 5.91 Å². The summed E-state index contributed by atoms with van der Waals surface area (Å²) in [6, 6.07) is 12.8. The highest BCUT2D eigenvalue weighted by Crippen LogP contribution is 2.20. The van der Waals surface area contributed by atoms with Gasteiger partial charge in [-0.3, -0.25) is 14.4 Å². The number of aromatic hydroxyl groups is 1. The van der Waals surface area contributed by atoms with Crippen LogP contribution in [0, 0.1) is 6.92 Å². The number of alkyl halides is 1. The molecule has 0 saturated carbocycles. The number of amides is 3. The van der Waals surface area contributed by atoms with E-state index < -0.39 is 24.0 Å². The van der Waals surface area contributed by atoms with Crippen LogP contribution in [0.1, 0.15) is 35.3 Å². The summed E-state index contributed by atoms with van der Waals surface area (Å²) < 4.78 is 0. The fourth-order valence-electron chi connectivity index (χ4n) is 3.43. The zero-order chi connectivity index (χ0) is 26.7. The number of carbonyl (C=O) groups is 3. The van der Waals surface area contributed by atoms with Gasteiger partial charge in [-0.25, -0.2) is 0 Å². The van der Waals surface area contributed by atoms with E-state index in [2.05, 4.69) is 10.6 Å². The normalized spacial score (nSPS) is 12.6. The van der Waals surface area contributed by atoms with Crippen molar-refractivity contribution in [2.24, 2.45) is 0 Å². The van der Waals surface area contributed by atoms with Gasteiger partial charge in [0.25, 0.3) is 11.8 Å². The zero-order valence-corrected chi connectivity index (χ0v) is 22.3. The first-order chi connectivity index (χ1) is 17.1. The highest BCUT2D eigenvalue weighted by atomic mass is 35.5. The maximum Gasteiger partial charge on any atom is 0.254 e. The van der Waals surface area contributed by atoms with Crippen LogP contribution in [0.5, 0.6) is 5.75 Å². The van der Waals surface area contributed by atoms with Crippen LogP contribution in [0.3, 0.4) is 0 Å². The van der Waals surface area contributed by atoms with E-state index in [1.165, 1.54) is 22.7 Å². The summed E-state index contributed by atoms with van der Waals surface area (Å²) in [4.78, 5) is 40.1. The topological polar surface area (TPSA) is 119 Å². The SMILES string of the molecule is Cc1c(O)cccc1C(=O)N[C@@H](Cc1ccccc1)[C@H](O)C(=O)N(CSC(C)C)CC(=O)NCCCl. The quantitative estimate of drug-likeness (QED) is 0.231. The fourth-order valence-corrected chi connectivity index (χ4v) is 4.22. The van der Waals surface area contributed by atoms with Crippen LogP contribution in [0.4, 0.5) is 0 Å². The largest absolute Gasteiger partial charge is 0.508 e. The lowest BCUT2D eigenvalue weighted by Gasteiger charge is -2.30. The average molecular weight is 536 g/mol. The number of nitrogens with one attached hydrogen (secondary N) is 2. The zero-order valence-electron chi connectivity index (χ0n) is 20.7. The van der Waals surface area contributed by atoms with Gasteiger partial charge in [-0.05, 0) is 31.0 Å². The Morgan fingerprint density at radius 3 is 2.42 bits per heavy atom. The van der Waals surface area contributed by atoms with Crippen LogP contribution in [0.2, 0.25) is 0 Å². The molecule has 0 unspecified atom stereocenters. The average Bonchev–Trinajstić information content (AvgIpc) is 2.86. The Morgan fingerprint density at radius 1 is 1.08 bits per heavy atom. The van der Waals surface area contributed by atoms with Gasteiger partial charge in [-0.1, -0.05) is 50.2 Å². The molecule has 0 aliphatic carbocycles. The standard InChI is InChI=1S/C26H34ClN3O5S/c1-17(2)36-16-30(15-23(32)28-13-12-27)26(35)24(33)21(14-19-8-5-4-6-9-19)29-25(34)20-10-7-11-22(31)18(20)3/h4-11,17,21,24,31,33H,12-16H2,1-3H3,(H,28,32)(H,29,34)/t21-,24-/m0/s1. The highest BCUT2D eigenvalue weighted by molar-refractivity contribution is 7.99. The molecule has 0 fully saturated rings. The second-order valence-electron chi connectivity index (χ2n) is 8.58. The van der Waals surface area contributed by atoms with Gasteiger partial charge in [-0.2, -0.15) is 0 Å². The van der Waals surface area contributed by atoms with Gasteiger partial charge < -0.3 is 25.7 Å². The van der Waals surface area contributed by atoms with Gasteiger partial charge in [-0.15, -0.1) is 23.4 Å². The molecule has 196 valence electrons. The van der Waals surface area contributed by atoms with Crippen molar-refractivity contribution < 1.29 is 24.6 Å². The number of rotatable bonds is 13. The number of phenols is 1. The monoisotopic (exact) mass is 535 g/mol. The third kappa shape index (κ3) is 9.04. The lowest BCUT2D eigenvalue weighted by molar-refractivity contribution is -0.143. The van der Waals surface area contributed by atoms with Crippen LogP contribution >= 0.6 is 23.4 Å². The molecular formula is C26H34ClN3O5S. The molecule has 0 aliphatic heterocycles. The summed E-state index contributed by atoms with van der Waals surface area (Å²) in [5, 5.41) is 26.8. The summed E-state index contributed by atoms with van der Waals surface area (Å²) in [7, 11) is 0. The van der Waals surface area contributed by atoms with Crippen molar-refractivity contribution >= 4 is 41.1 Å². The molecule has 36 heavy (non-hydrogen) atoms. The smallest absolute Gasteiger partial charge is 0.254 e. The predicted octanol–water partition coefficient (Wildman–Crippen LogP) is 2.69. The second kappa shape index (κ2) is 14.7. The van der Waals surface area contributed by atoms with Crippen molar-refractivity contribution in [3.63, 3.8) is 0 Å². The Morgan fingerprint density at radius 2 is 1.78 bits per heavy atom. The van der Waals surface area contributed by atoms with E-state index in [4.69, 9.17) is 11.6 Å². The number of aliphatic hydroxyl groups excluding tert-OH is 1. The summed E-state index contributed by atoms with van der Waals surface area (Å²) in [5.41, 5.74) is 1.44. The minimum atomic E-state index is -1.61. The maximum absolute atomic E-state index is 13.4. The summed E-state index contributed by atoms with van der Waals surface area (Å²) in [5.74, 6) is -1.18. The first-order valence-corrected chi connectivity index (χ1v) is 13.3. The Labute approximate surface area is 221 Å². The van der Waals surface area contributed by atoms with Gasteiger partial charge in [0.05, 0.1) is 11.9 Å². The van der Waals surface area contributed by atoms with E-state index in [1.807, 2.05) is 44.2 Å².